The molecule has 1 aliphatic rings. The van der Waals surface area contributed by atoms with Crippen LogP contribution in [0, 0.1) is 13.8 Å². The second kappa shape index (κ2) is 10.6. The Balaban J connectivity index is 1.45. The lowest BCUT2D eigenvalue weighted by Crippen LogP contribution is -2.48. The maximum absolute atomic E-state index is 4.76. The minimum Gasteiger partial charge on any atom is -0.357 e. The summed E-state index contributed by atoms with van der Waals surface area (Å²) >= 11 is 1.76. The fourth-order valence-electron chi connectivity index (χ4n) is 3.56. The van der Waals surface area contributed by atoms with E-state index in [1.165, 1.54) is 21.0 Å². The predicted octanol–water partition coefficient (Wildman–Crippen LogP) is 3.52. The van der Waals surface area contributed by atoms with Gasteiger partial charge in [0.05, 0.1) is 5.01 Å². The SMILES string of the molecule is CCNC(=NCCc1ncc(C)s1)NC1CCN(Cc2ccccc2C)CC1. The van der Waals surface area contributed by atoms with Crippen LogP contribution < -0.4 is 10.6 Å². The first-order valence-electron chi connectivity index (χ1n) is 10.4. The Bertz CT molecular complexity index is 762. The number of benzene rings is 1. The predicted molar refractivity (Wildman–Crippen MR) is 119 cm³/mol. The summed E-state index contributed by atoms with van der Waals surface area (Å²) in [5.41, 5.74) is 2.83. The molecule has 0 unspecified atom stereocenters. The van der Waals surface area contributed by atoms with Gasteiger partial charge in [0.1, 0.15) is 0 Å². The van der Waals surface area contributed by atoms with Crippen LogP contribution in [0.4, 0.5) is 0 Å². The van der Waals surface area contributed by atoms with Gasteiger partial charge in [-0.3, -0.25) is 9.89 Å². The molecule has 0 bridgehead atoms. The molecular weight excluding hydrogens is 366 g/mol. The molecule has 1 aromatic heterocycles. The number of guanidine groups is 1. The first kappa shape index (κ1) is 20.8. The number of hydrogen-bond donors (Lipinski definition) is 2. The molecule has 0 radical (unpaired) electrons. The second-order valence-electron chi connectivity index (χ2n) is 7.50. The normalized spacial score (nSPS) is 16.3. The van der Waals surface area contributed by atoms with E-state index in [4.69, 9.17) is 4.99 Å². The number of nitrogens with zero attached hydrogens (tertiary/aromatic N) is 3. The van der Waals surface area contributed by atoms with Crippen LogP contribution in [-0.4, -0.2) is 48.1 Å². The van der Waals surface area contributed by atoms with Crippen molar-refractivity contribution in [3.05, 3.63) is 51.5 Å². The first-order chi connectivity index (χ1) is 13.6. The van der Waals surface area contributed by atoms with Gasteiger partial charge in [-0.2, -0.15) is 0 Å². The number of nitrogens with one attached hydrogen (secondary N) is 2. The summed E-state index contributed by atoms with van der Waals surface area (Å²) in [5, 5.41) is 8.20. The van der Waals surface area contributed by atoms with Crippen molar-refractivity contribution in [1.29, 1.82) is 0 Å². The topological polar surface area (TPSA) is 52.6 Å². The molecule has 0 saturated carbocycles. The highest BCUT2D eigenvalue weighted by Gasteiger charge is 2.20. The number of thiazole rings is 1. The van der Waals surface area contributed by atoms with Gasteiger partial charge in [0.2, 0.25) is 0 Å². The average Bonchev–Trinajstić information content (AvgIpc) is 3.10. The van der Waals surface area contributed by atoms with Gasteiger partial charge in [0.15, 0.2) is 5.96 Å². The summed E-state index contributed by atoms with van der Waals surface area (Å²) in [6.45, 7) is 11.4. The van der Waals surface area contributed by atoms with E-state index in [1.54, 1.807) is 11.3 Å². The van der Waals surface area contributed by atoms with Gasteiger partial charge >= 0.3 is 0 Å². The van der Waals surface area contributed by atoms with E-state index in [0.29, 0.717) is 6.04 Å². The smallest absolute Gasteiger partial charge is 0.191 e. The van der Waals surface area contributed by atoms with E-state index in [2.05, 4.69) is 65.6 Å². The highest BCUT2D eigenvalue weighted by Crippen LogP contribution is 2.16. The molecule has 1 aromatic carbocycles. The summed E-state index contributed by atoms with van der Waals surface area (Å²) < 4.78 is 0. The zero-order chi connectivity index (χ0) is 19.8. The van der Waals surface area contributed by atoms with Crippen molar-refractivity contribution in [1.82, 2.24) is 20.5 Å². The summed E-state index contributed by atoms with van der Waals surface area (Å²) in [6.07, 6.45) is 5.16. The molecule has 0 atom stereocenters. The minimum absolute atomic E-state index is 0.494. The van der Waals surface area contributed by atoms with Crippen LogP contribution in [0.25, 0.3) is 0 Å². The second-order valence-corrected chi connectivity index (χ2v) is 8.82. The quantitative estimate of drug-likeness (QED) is 0.552. The molecule has 1 fully saturated rings. The Morgan fingerprint density at radius 3 is 2.71 bits per heavy atom. The van der Waals surface area contributed by atoms with E-state index in [1.807, 2.05) is 6.20 Å². The van der Waals surface area contributed by atoms with Gasteiger partial charge < -0.3 is 10.6 Å². The fraction of sp³-hybridized carbons (Fsp3) is 0.545. The number of piperidine rings is 1. The summed E-state index contributed by atoms with van der Waals surface area (Å²) in [4.78, 5) is 13.0. The van der Waals surface area contributed by atoms with Crippen LogP contribution in [-0.2, 0) is 13.0 Å². The molecule has 2 heterocycles. The lowest BCUT2D eigenvalue weighted by Gasteiger charge is -2.33. The van der Waals surface area contributed by atoms with Crippen LogP contribution in [0.3, 0.4) is 0 Å². The van der Waals surface area contributed by atoms with Crippen molar-refractivity contribution in [2.75, 3.05) is 26.2 Å². The maximum Gasteiger partial charge on any atom is 0.191 e. The monoisotopic (exact) mass is 399 g/mol. The Morgan fingerprint density at radius 2 is 2.04 bits per heavy atom. The standard InChI is InChI=1S/C22H33N5S/c1-4-23-22(24-12-9-21-25-15-18(3)28-21)26-20-10-13-27(14-11-20)16-19-8-6-5-7-17(19)2/h5-8,15,20H,4,9-14,16H2,1-3H3,(H2,23,24,26). The van der Waals surface area contributed by atoms with Crippen molar-refractivity contribution >= 4 is 17.3 Å². The third-order valence-corrected chi connectivity index (χ3v) is 6.17. The molecule has 1 aliphatic heterocycles. The van der Waals surface area contributed by atoms with Crippen LogP contribution in [0.15, 0.2) is 35.5 Å². The van der Waals surface area contributed by atoms with Gasteiger partial charge in [-0.25, -0.2) is 4.98 Å². The molecule has 0 spiro atoms. The van der Waals surface area contributed by atoms with Crippen LogP contribution in [0.2, 0.25) is 0 Å². The van der Waals surface area contributed by atoms with Crippen molar-refractivity contribution in [3.8, 4) is 0 Å². The number of likely N-dealkylation sites (tertiary alicyclic amines) is 1. The van der Waals surface area contributed by atoms with Crippen molar-refractivity contribution in [2.45, 2.75) is 52.6 Å². The van der Waals surface area contributed by atoms with Gasteiger partial charge in [-0.15, -0.1) is 11.3 Å². The molecule has 2 aromatic rings. The molecule has 3 rings (SSSR count). The number of rotatable bonds is 7. The number of aryl methyl sites for hydroxylation is 2. The summed E-state index contributed by atoms with van der Waals surface area (Å²) in [7, 11) is 0. The van der Waals surface area contributed by atoms with Gasteiger partial charge in [0, 0.05) is 56.3 Å². The van der Waals surface area contributed by atoms with Crippen LogP contribution >= 0.6 is 11.3 Å². The van der Waals surface area contributed by atoms with Crippen LogP contribution in [0.5, 0.6) is 0 Å². The van der Waals surface area contributed by atoms with Crippen molar-refractivity contribution in [2.24, 2.45) is 4.99 Å². The largest absolute Gasteiger partial charge is 0.357 e. The van der Waals surface area contributed by atoms with E-state index in [9.17, 15) is 0 Å². The molecule has 2 N–H and O–H groups in total. The van der Waals surface area contributed by atoms with Gasteiger partial charge in [-0.1, -0.05) is 24.3 Å². The number of aliphatic imine (C=N–C) groups is 1. The van der Waals surface area contributed by atoms with E-state index >= 15 is 0 Å². The van der Waals surface area contributed by atoms with E-state index in [0.717, 1.165) is 57.9 Å². The average molecular weight is 400 g/mol. The first-order valence-corrected chi connectivity index (χ1v) is 11.2. The summed E-state index contributed by atoms with van der Waals surface area (Å²) in [6, 6.07) is 9.21. The molecule has 152 valence electrons. The van der Waals surface area contributed by atoms with E-state index < -0.39 is 0 Å². The molecule has 0 amide bonds. The lowest BCUT2D eigenvalue weighted by molar-refractivity contribution is 0.198. The fourth-order valence-corrected chi connectivity index (χ4v) is 4.33. The zero-order valence-electron chi connectivity index (χ0n) is 17.4. The minimum atomic E-state index is 0.494. The highest BCUT2D eigenvalue weighted by atomic mass is 32.1. The summed E-state index contributed by atoms with van der Waals surface area (Å²) in [5.74, 6) is 0.938. The maximum atomic E-state index is 4.76. The van der Waals surface area contributed by atoms with Crippen LogP contribution in [0.1, 0.15) is 40.8 Å². The zero-order valence-corrected chi connectivity index (χ0v) is 18.2. The number of aromatic nitrogens is 1. The third kappa shape index (κ3) is 6.31. The molecule has 28 heavy (non-hydrogen) atoms. The number of hydrogen-bond acceptors (Lipinski definition) is 4. The highest BCUT2D eigenvalue weighted by molar-refractivity contribution is 7.11. The Labute approximate surface area is 173 Å². The molecule has 6 heteroatoms. The Hall–Kier alpha value is -1.92. The molecule has 5 nitrogen and oxygen atoms in total. The molecular formula is C22H33N5S. The van der Waals surface area contributed by atoms with Gasteiger partial charge in [0.25, 0.3) is 0 Å². The van der Waals surface area contributed by atoms with Crippen molar-refractivity contribution in [3.63, 3.8) is 0 Å². The third-order valence-electron chi connectivity index (χ3n) is 5.19. The lowest BCUT2D eigenvalue weighted by atomic mass is 10.0. The Morgan fingerprint density at radius 1 is 1.25 bits per heavy atom. The Kier molecular flexibility index (Phi) is 7.86. The van der Waals surface area contributed by atoms with E-state index in [-0.39, 0.29) is 0 Å². The van der Waals surface area contributed by atoms with Crippen molar-refractivity contribution < 1.29 is 0 Å². The molecule has 0 aliphatic carbocycles. The van der Waals surface area contributed by atoms with Gasteiger partial charge in [-0.05, 0) is 44.7 Å². The molecule has 1 saturated heterocycles.